The summed E-state index contributed by atoms with van der Waals surface area (Å²) >= 11 is 0. The van der Waals surface area contributed by atoms with Gasteiger partial charge in [-0.1, -0.05) is 40.5 Å². The van der Waals surface area contributed by atoms with E-state index >= 15 is 0 Å². The summed E-state index contributed by atoms with van der Waals surface area (Å²) in [6.07, 6.45) is 4.96. The average molecular weight is 419 g/mol. The molecule has 1 aromatic carbocycles. The van der Waals surface area contributed by atoms with Gasteiger partial charge in [-0.15, -0.1) is 0 Å². The minimum absolute atomic E-state index is 0.0774. The molecular weight excluding hydrogens is 376 g/mol. The van der Waals surface area contributed by atoms with Crippen molar-refractivity contribution in [3.63, 3.8) is 0 Å². The zero-order valence-electron chi connectivity index (χ0n) is 19.7. The van der Waals surface area contributed by atoms with E-state index in [0.29, 0.717) is 13.2 Å². The van der Waals surface area contributed by atoms with E-state index in [2.05, 4.69) is 37.9 Å². The van der Waals surface area contributed by atoms with Crippen molar-refractivity contribution in [1.82, 2.24) is 4.90 Å². The second kappa shape index (κ2) is 12.3. The minimum atomic E-state index is -0.788. The Morgan fingerprint density at radius 3 is 2.37 bits per heavy atom. The van der Waals surface area contributed by atoms with Crippen molar-refractivity contribution in [2.24, 2.45) is 11.8 Å². The van der Waals surface area contributed by atoms with E-state index < -0.39 is 5.60 Å². The van der Waals surface area contributed by atoms with Gasteiger partial charge < -0.3 is 14.8 Å². The van der Waals surface area contributed by atoms with E-state index in [4.69, 9.17) is 9.47 Å². The maximum absolute atomic E-state index is 12.9. The lowest BCUT2D eigenvalue weighted by Gasteiger charge is -2.34. The van der Waals surface area contributed by atoms with Crippen LogP contribution in [0.1, 0.15) is 66.7 Å². The van der Waals surface area contributed by atoms with Crippen LogP contribution in [0.5, 0.6) is 5.75 Å². The van der Waals surface area contributed by atoms with Gasteiger partial charge in [0.2, 0.25) is 0 Å². The molecule has 1 saturated heterocycles. The van der Waals surface area contributed by atoms with Crippen molar-refractivity contribution < 1.29 is 14.3 Å². The number of hydrogen-bond acceptors (Lipinski definition) is 4. The predicted octanol–water partition coefficient (Wildman–Crippen LogP) is 5.36. The van der Waals surface area contributed by atoms with Gasteiger partial charge in [0.05, 0.1) is 0 Å². The first kappa shape index (κ1) is 24.7. The fraction of sp³-hybridized carbons (Fsp3) is 0.720. The maximum Gasteiger partial charge on any atom is 0.256 e. The monoisotopic (exact) mass is 418 g/mol. The summed E-state index contributed by atoms with van der Waals surface area (Å²) in [5.74, 6) is 2.29. The molecule has 0 aromatic heterocycles. The summed E-state index contributed by atoms with van der Waals surface area (Å²) < 4.78 is 11.9. The van der Waals surface area contributed by atoms with E-state index in [9.17, 15) is 4.79 Å². The van der Waals surface area contributed by atoms with Gasteiger partial charge in [-0.25, -0.2) is 0 Å². The molecule has 30 heavy (non-hydrogen) atoms. The van der Waals surface area contributed by atoms with Gasteiger partial charge in [0.15, 0.2) is 0 Å². The Balaban J connectivity index is 1.83. The van der Waals surface area contributed by atoms with E-state index in [-0.39, 0.29) is 5.91 Å². The number of likely N-dealkylation sites (tertiary alicyclic amines) is 1. The van der Waals surface area contributed by atoms with Crippen molar-refractivity contribution in [3.8, 4) is 5.75 Å². The second-order valence-corrected chi connectivity index (χ2v) is 9.22. The van der Waals surface area contributed by atoms with Gasteiger partial charge in [-0.05, 0) is 62.3 Å². The first-order chi connectivity index (χ1) is 14.4. The van der Waals surface area contributed by atoms with Gasteiger partial charge in [0, 0.05) is 31.9 Å². The van der Waals surface area contributed by atoms with Crippen molar-refractivity contribution in [1.29, 1.82) is 0 Å². The predicted molar refractivity (Wildman–Crippen MR) is 124 cm³/mol. The minimum Gasteiger partial charge on any atom is -0.492 e. The zero-order valence-corrected chi connectivity index (χ0v) is 19.7. The normalized spacial score (nSPS) is 21.8. The van der Waals surface area contributed by atoms with Crippen LogP contribution >= 0.6 is 0 Å². The van der Waals surface area contributed by atoms with Crippen LogP contribution in [0, 0.1) is 11.8 Å². The van der Waals surface area contributed by atoms with Gasteiger partial charge >= 0.3 is 0 Å². The lowest BCUT2D eigenvalue weighted by atomic mass is 9.92. The third-order valence-corrected chi connectivity index (χ3v) is 5.85. The van der Waals surface area contributed by atoms with Gasteiger partial charge in [-0.2, -0.15) is 0 Å². The molecular formula is C25H42N2O3. The molecule has 0 aliphatic carbocycles. The Labute approximate surface area is 183 Å². The number of hydrogen-bond donors (Lipinski definition) is 1. The maximum atomic E-state index is 12.9. The van der Waals surface area contributed by atoms with Gasteiger partial charge in [0.1, 0.15) is 18.0 Å². The topological polar surface area (TPSA) is 50.8 Å². The van der Waals surface area contributed by atoms with E-state index in [1.165, 1.54) is 6.42 Å². The lowest BCUT2D eigenvalue weighted by molar-refractivity contribution is -0.140. The van der Waals surface area contributed by atoms with E-state index in [0.717, 1.165) is 68.6 Å². The average Bonchev–Trinajstić information content (AvgIpc) is 2.71. The number of carbonyl (C=O) groups excluding carboxylic acids is 1. The third kappa shape index (κ3) is 7.92. The largest absolute Gasteiger partial charge is 0.492 e. The molecule has 0 unspecified atom stereocenters. The summed E-state index contributed by atoms with van der Waals surface area (Å²) in [5, 5.41) is 3.02. The fourth-order valence-corrected chi connectivity index (χ4v) is 4.26. The van der Waals surface area contributed by atoms with Crippen LogP contribution in [0.15, 0.2) is 24.3 Å². The number of amides is 1. The smallest absolute Gasteiger partial charge is 0.256 e. The zero-order chi connectivity index (χ0) is 22.0. The molecule has 1 fully saturated rings. The molecule has 5 heteroatoms. The highest BCUT2D eigenvalue weighted by Gasteiger charge is 2.33. The SMILES string of the molecule is CCCC[C@](C)(OCCC)C(=O)Nc1ccc(OCCN2C[C@@H](C)C[C@H](C)C2)cc1. The molecule has 170 valence electrons. The highest BCUT2D eigenvalue weighted by molar-refractivity contribution is 5.97. The molecule has 2 rings (SSSR count). The van der Waals surface area contributed by atoms with Crippen LogP contribution in [-0.2, 0) is 9.53 Å². The Hall–Kier alpha value is -1.59. The van der Waals surface area contributed by atoms with Crippen LogP contribution in [0.3, 0.4) is 0 Å². The highest BCUT2D eigenvalue weighted by atomic mass is 16.5. The number of rotatable bonds is 12. The van der Waals surface area contributed by atoms with Gasteiger partial charge in [-0.3, -0.25) is 9.69 Å². The summed E-state index contributed by atoms with van der Waals surface area (Å²) in [6.45, 7) is 15.3. The standard InChI is InChI=1S/C25H42N2O3/c1-6-8-13-25(5,30-15-7-2)24(28)26-22-9-11-23(12-10-22)29-16-14-27-18-20(3)17-21(4)19-27/h9-12,20-21H,6-8,13-19H2,1-5H3,(H,26,28)/t20-,21-,25-/m0/s1. The summed E-state index contributed by atoms with van der Waals surface area (Å²) in [6, 6.07) is 7.65. The van der Waals surface area contributed by atoms with Crippen LogP contribution < -0.4 is 10.1 Å². The van der Waals surface area contributed by atoms with Crippen LogP contribution in [0.4, 0.5) is 5.69 Å². The molecule has 0 radical (unpaired) electrons. The highest BCUT2D eigenvalue weighted by Crippen LogP contribution is 2.24. The summed E-state index contributed by atoms with van der Waals surface area (Å²) in [4.78, 5) is 15.4. The molecule has 0 spiro atoms. The Bertz CT molecular complexity index is 614. The molecule has 0 bridgehead atoms. The Morgan fingerprint density at radius 1 is 1.10 bits per heavy atom. The molecule has 1 aliphatic heterocycles. The van der Waals surface area contributed by atoms with Crippen molar-refractivity contribution >= 4 is 11.6 Å². The quantitative estimate of drug-likeness (QED) is 0.497. The number of nitrogens with zero attached hydrogens (tertiary/aromatic N) is 1. The summed E-state index contributed by atoms with van der Waals surface area (Å²) in [7, 11) is 0. The van der Waals surface area contributed by atoms with Crippen LogP contribution in [0.2, 0.25) is 0 Å². The first-order valence-corrected chi connectivity index (χ1v) is 11.8. The molecule has 1 amide bonds. The number of unbranched alkanes of at least 4 members (excludes halogenated alkanes) is 1. The molecule has 0 saturated carbocycles. The number of anilines is 1. The number of ether oxygens (including phenoxy) is 2. The Morgan fingerprint density at radius 2 is 1.77 bits per heavy atom. The molecule has 5 nitrogen and oxygen atoms in total. The second-order valence-electron chi connectivity index (χ2n) is 9.22. The molecule has 3 atom stereocenters. The van der Waals surface area contributed by atoms with Crippen molar-refractivity contribution in [2.45, 2.75) is 72.3 Å². The number of carbonyl (C=O) groups is 1. The van der Waals surface area contributed by atoms with Crippen LogP contribution in [-0.4, -0.2) is 49.3 Å². The molecule has 1 aromatic rings. The lowest BCUT2D eigenvalue weighted by Crippen LogP contribution is -2.43. The fourth-order valence-electron chi connectivity index (χ4n) is 4.26. The summed E-state index contributed by atoms with van der Waals surface area (Å²) in [5.41, 5.74) is -0.0157. The Kier molecular flexibility index (Phi) is 10.1. The number of benzene rings is 1. The molecule has 1 heterocycles. The molecule has 1 N–H and O–H groups in total. The van der Waals surface area contributed by atoms with Gasteiger partial charge in [0.25, 0.3) is 5.91 Å². The molecule has 1 aliphatic rings. The van der Waals surface area contributed by atoms with Crippen molar-refractivity contribution in [3.05, 3.63) is 24.3 Å². The first-order valence-electron chi connectivity index (χ1n) is 11.8. The number of nitrogens with one attached hydrogen (secondary N) is 1. The van der Waals surface area contributed by atoms with Crippen LogP contribution in [0.25, 0.3) is 0 Å². The van der Waals surface area contributed by atoms with E-state index in [1.54, 1.807) is 0 Å². The van der Waals surface area contributed by atoms with Crippen molar-refractivity contribution in [2.75, 3.05) is 38.2 Å². The van der Waals surface area contributed by atoms with E-state index in [1.807, 2.05) is 31.2 Å². The third-order valence-electron chi connectivity index (χ3n) is 5.85. The number of piperidine rings is 1.